The second-order valence-electron chi connectivity index (χ2n) is 7.13. The van der Waals surface area contributed by atoms with E-state index in [9.17, 15) is 9.59 Å². The Balaban J connectivity index is 1.26. The minimum atomic E-state index is -0.435. The van der Waals surface area contributed by atoms with Gasteiger partial charge in [0.25, 0.3) is 0 Å². The molecule has 2 amide bonds. The van der Waals surface area contributed by atoms with Crippen molar-refractivity contribution >= 4 is 34.0 Å². The largest absolute Gasteiger partial charge is 0.486 e. The summed E-state index contributed by atoms with van der Waals surface area (Å²) in [6, 6.07) is 15.2. The van der Waals surface area contributed by atoms with Crippen molar-refractivity contribution in [3.05, 3.63) is 53.9 Å². The first kappa shape index (κ1) is 18.6. The number of carbonyl (C=O) groups is 2. The van der Waals surface area contributed by atoms with Crippen molar-refractivity contribution in [3.8, 4) is 22.8 Å². The van der Waals surface area contributed by atoms with Crippen LogP contribution in [0.25, 0.3) is 11.3 Å². The van der Waals surface area contributed by atoms with Gasteiger partial charge in [0.2, 0.25) is 11.8 Å². The standard InChI is InChI=1S/C22H19N3O4S/c26-20-10-15(12-25(20)16-6-7-18-19(11-16)29-9-8-28-18)21(27)24-22-23-17(13-30-22)14-4-2-1-3-5-14/h1-7,11,13,15H,8-10,12H2,(H,23,24,27)/t15-/m0/s1. The smallest absolute Gasteiger partial charge is 0.231 e. The van der Waals surface area contributed by atoms with E-state index in [0.717, 1.165) is 11.3 Å². The molecule has 152 valence electrons. The molecule has 0 spiro atoms. The Kier molecular flexibility index (Phi) is 4.84. The van der Waals surface area contributed by atoms with Crippen LogP contribution in [0.3, 0.4) is 0 Å². The van der Waals surface area contributed by atoms with Crippen LogP contribution in [0.2, 0.25) is 0 Å². The van der Waals surface area contributed by atoms with Crippen molar-refractivity contribution in [1.29, 1.82) is 0 Å². The number of fused-ring (bicyclic) bond motifs is 1. The summed E-state index contributed by atoms with van der Waals surface area (Å²) in [7, 11) is 0. The van der Waals surface area contributed by atoms with E-state index >= 15 is 0 Å². The monoisotopic (exact) mass is 421 g/mol. The first-order valence-corrected chi connectivity index (χ1v) is 10.6. The van der Waals surface area contributed by atoms with Crippen molar-refractivity contribution in [2.45, 2.75) is 6.42 Å². The molecule has 2 aliphatic rings. The summed E-state index contributed by atoms with van der Waals surface area (Å²) in [4.78, 5) is 31.4. The second-order valence-corrected chi connectivity index (χ2v) is 7.98. The number of carbonyl (C=O) groups excluding carboxylic acids is 2. The number of benzene rings is 2. The number of anilines is 2. The lowest BCUT2D eigenvalue weighted by molar-refractivity contribution is -0.122. The summed E-state index contributed by atoms with van der Waals surface area (Å²) in [6.07, 6.45) is 0.164. The van der Waals surface area contributed by atoms with Gasteiger partial charge in [-0.3, -0.25) is 9.59 Å². The number of nitrogens with zero attached hydrogens (tertiary/aromatic N) is 2. The lowest BCUT2D eigenvalue weighted by atomic mass is 10.1. The Morgan fingerprint density at radius 3 is 2.73 bits per heavy atom. The maximum atomic E-state index is 12.7. The molecule has 0 radical (unpaired) electrons. The Morgan fingerprint density at radius 2 is 1.90 bits per heavy atom. The number of ether oxygens (including phenoxy) is 2. The van der Waals surface area contributed by atoms with Gasteiger partial charge in [-0.05, 0) is 12.1 Å². The van der Waals surface area contributed by atoms with E-state index in [4.69, 9.17) is 9.47 Å². The van der Waals surface area contributed by atoms with E-state index in [1.165, 1.54) is 11.3 Å². The summed E-state index contributed by atoms with van der Waals surface area (Å²) >= 11 is 1.37. The third-order valence-electron chi connectivity index (χ3n) is 5.14. The Hall–Kier alpha value is -3.39. The van der Waals surface area contributed by atoms with Gasteiger partial charge in [0.05, 0.1) is 11.6 Å². The lowest BCUT2D eigenvalue weighted by Crippen LogP contribution is -2.28. The number of aromatic nitrogens is 1. The average Bonchev–Trinajstić information content (AvgIpc) is 3.41. The fraction of sp³-hybridized carbons (Fsp3) is 0.227. The molecule has 5 rings (SSSR count). The summed E-state index contributed by atoms with van der Waals surface area (Å²) in [5.74, 6) is 0.572. The van der Waals surface area contributed by atoms with Gasteiger partial charge in [0.15, 0.2) is 16.6 Å². The minimum Gasteiger partial charge on any atom is -0.486 e. The number of amides is 2. The average molecular weight is 421 g/mol. The Labute approximate surface area is 177 Å². The molecular weight excluding hydrogens is 402 g/mol. The van der Waals surface area contributed by atoms with Gasteiger partial charge in [-0.2, -0.15) is 0 Å². The Bertz CT molecular complexity index is 1100. The molecule has 1 atom stereocenters. The van der Waals surface area contributed by atoms with Crippen LogP contribution in [0.4, 0.5) is 10.8 Å². The number of nitrogens with one attached hydrogen (secondary N) is 1. The van der Waals surface area contributed by atoms with Crippen molar-refractivity contribution in [2.75, 3.05) is 30.0 Å². The molecule has 3 aromatic rings. The van der Waals surface area contributed by atoms with Crippen LogP contribution < -0.4 is 19.7 Å². The molecule has 8 heteroatoms. The molecule has 2 aliphatic heterocycles. The third kappa shape index (κ3) is 3.61. The zero-order chi connectivity index (χ0) is 20.5. The van der Waals surface area contributed by atoms with Crippen LogP contribution in [-0.2, 0) is 9.59 Å². The highest BCUT2D eigenvalue weighted by Crippen LogP contribution is 2.36. The van der Waals surface area contributed by atoms with Crippen LogP contribution in [0, 0.1) is 5.92 Å². The predicted molar refractivity (Wildman–Crippen MR) is 114 cm³/mol. The predicted octanol–water partition coefficient (Wildman–Crippen LogP) is 3.57. The van der Waals surface area contributed by atoms with Crippen LogP contribution in [-0.4, -0.2) is 36.6 Å². The summed E-state index contributed by atoms with van der Waals surface area (Å²) < 4.78 is 11.1. The number of hydrogen-bond donors (Lipinski definition) is 1. The van der Waals surface area contributed by atoms with Crippen LogP contribution >= 0.6 is 11.3 Å². The number of rotatable bonds is 4. The highest BCUT2D eigenvalue weighted by atomic mass is 32.1. The first-order chi connectivity index (χ1) is 14.7. The van der Waals surface area contributed by atoms with E-state index in [1.54, 1.807) is 17.0 Å². The van der Waals surface area contributed by atoms with Crippen LogP contribution in [0.15, 0.2) is 53.9 Å². The van der Waals surface area contributed by atoms with Crippen LogP contribution in [0.1, 0.15) is 6.42 Å². The van der Waals surface area contributed by atoms with Gasteiger partial charge in [0.1, 0.15) is 13.2 Å². The van der Waals surface area contributed by atoms with E-state index in [1.807, 2.05) is 41.8 Å². The second kappa shape index (κ2) is 7.79. The van der Waals surface area contributed by atoms with Gasteiger partial charge >= 0.3 is 0 Å². The number of hydrogen-bond acceptors (Lipinski definition) is 6. The van der Waals surface area contributed by atoms with E-state index in [0.29, 0.717) is 42.1 Å². The maximum Gasteiger partial charge on any atom is 0.231 e. The van der Waals surface area contributed by atoms with Crippen molar-refractivity contribution in [3.63, 3.8) is 0 Å². The summed E-state index contributed by atoms with van der Waals surface area (Å²) in [5, 5.41) is 5.30. The molecule has 1 aromatic heterocycles. The normalized spacial score (nSPS) is 17.8. The summed E-state index contributed by atoms with van der Waals surface area (Å²) in [6.45, 7) is 1.31. The number of thiazole rings is 1. The molecule has 0 bridgehead atoms. The fourth-order valence-corrected chi connectivity index (χ4v) is 4.34. The lowest BCUT2D eigenvalue weighted by Gasteiger charge is -2.22. The highest BCUT2D eigenvalue weighted by molar-refractivity contribution is 7.14. The van der Waals surface area contributed by atoms with E-state index in [-0.39, 0.29) is 18.2 Å². The fourth-order valence-electron chi connectivity index (χ4n) is 3.61. The first-order valence-electron chi connectivity index (χ1n) is 9.69. The zero-order valence-electron chi connectivity index (χ0n) is 16.0. The van der Waals surface area contributed by atoms with Crippen LogP contribution in [0.5, 0.6) is 11.5 Å². The maximum absolute atomic E-state index is 12.7. The molecule has 2 aromatic carbocycles. The molecule has 0 unspecified atom stereocenters. The summed E-state index contributed by atoms with van der Waals surface area (Å²) in [5.41, 5.74) is 2.52. The van der Waals surface area contributed by atoms with E-state index < -0.39 is 5.92 Å². The molecule has 1 saturated heterocycles. The minimum absolute atomic E-state index is 0.0871. The van der Waals surface area contributed by atoms with Gasteiger partial charge in [-0.15, -0.1) is 11.3 Å². The molecular formula is C22H19N3O4S. The molecule has 0 aliphatic carbocycles. The molecule has 1 N–H and O–H groups in total. The Morgan fingerprint density at radius 1 is 1.10 bits per heavy atom. The quantitative estimate of drug-likeness (QED) is 0.697. The van der Waals surface area contributed by atoms with Gasteiger partial charge < -0.3 is 19.7 Å². The third-order valence-corrected chi connectivity index (χ3v) is 5.89. The van der Waals surface area contributed by atoms with Crippen molar-refractivity contribution in [2.24, 2.45) is 5.92 Å². The SMILES string of the molecule is O=C(Nc1nc(-c2ccccc2)cs1)[C@H]1CC(=O)N(c2ccc3c(c2)OCCO3)C1. The molecule has 0 saturated carbocycles. The van der Waals surface area contributed by atoms with Gasteiger partial charge in [-0.1, -0.05) is 30.3 Å². The topological polar surface area (TPSA) is 80.8 Å². The van der Waals surface area contributed by atoms with Gasteiger partial charge in [0, 0.05) is 35.7 Å². The molecule has 30 heavy (non-hydrogen) atoms. The highest BCUT2D eigenvalue weighted by Gasteiger charge is 2.36. The molecule has 7 nitrogen and oxygen atoms in total. The van der Waals surface area contributed by atoms with Crippen molar-refractivity contribution < 1.29 is 19.1 Å². The van der Waals surface area contributed by atoms with Crippen molar-refractivity contribution in [1.82, 2.24) is 4.98 Å². The van der Waals surface area contributed by atoms with E-state index in [2.05, 4.69) is 10.3 Å². The zero-order valence-corrected chi connectivity index (χ0v) is 16.9. The molecule has 1 fully saturated rings. The molecule has 3 heterocycles. The van der Waals surface area contributed by atoms with Gasteiger partial charge in [-0.25, -0.2) is 4.98 Å².